The Morgan fingerprint density at radius 2 is 1.94 bits per heavy atom. The van der Waals surface area contributed by atoms with Crippen molar-refractivity contribution >= 4 is 27.3 Å². The molecule has 0 aliphatic rings. The molecule has 1 unspecified atom stereocenters. The number of aryl methyl sites for hydroxylation is 1. The van der Waals surface area contributed by atoms with Crippen LogP contribution in [0, 0.1) is 18.6 Å². The van der Waals surface area contributed by atoms with Crippen LogP contribution >= 0.6 is 27.3 Å². The number of rotatable bonds is 2. The Balaban J connectivity index is 2.48. The summed E-state index contributed by atoms with van der Waals surface area (Å²) < 4.78 is 28.0. The maximum Gasteiger partial charge on any atom is 0.164 e. The van der Waals surface area contributed by atoms with Gasteiger partial charge >= 0.3 is 0 Å². The van der Waals surface area contributed by atoms with E-state index in [4.69, 9.17) is 5.73 Å². The van der Waals surface area contributed by atoms with Crippen molar-refractivity contribution in [3.8, 4) is 0 Å². The first-order chi connectivity index (χ1) is 8.02. The van der Waals surface area contributed by atoms with Crippen molar-refractivity contribution in [2.45, 2.75) is 13.0 Å². The molecule has 0 amide bonds. The van der Waals surface area contributed by atoms with Crippen molar-refractivity contribution in [3.63, 3.8) is 0 Å². The van der Waals surface area contributed by atoms with Crippen LogP contribution in [0.4, 0.5) is 8.78 Å². The fourth-order valence-corrected chi connectivity index (χ4v) is 3.21. The molecule has 2 N–H and O–H groups in total. The Labute approximate surface area is 110 Å². The Morgan fingerprint density at radius 3 is 2.53 bits per heavy atom. The minimum absolute atomic E-state index is 0.177. The first-order valence-corrected chi connectivity index (χ1v) is 6.62. The maximum atomic E-state index is 13.8. The summed E-state index contributed by atoms with van der Waals surface area (Å²) in [6.07, 6.45) is 0. The van der Waals surface area contributed by atoms with Gasteiger partial charge in [-0.05, 0) is 39.9 Å². The highest BCUT2D eigenvalue weighted by atomic mass is 79.9. The zero-order valence-electron chi connectivity index (χ0n) is 9.01. The zero-order chi connectivity index (χ0) is 12.6. The molecule has 2 rings (SSSR count). The second-order valence-corrected chi connectivity index (χ2v) is 5.51. The van der Waals surface area contributed by atoms with E-state index < -0.39 is 17.7 Å². The fraction of sp³-hybridized carbons (Fsp3) is 0.167. The van der Waals surface area contributed by atoms with Crippen LogP contribution in [-0.2, 0) is 0 Å². The third kappa shape index (κ3) is 2.27. The molecule has 0 saturated carbocycles. The van der Waals surface area contributed by atoms with Gasteiger partial charge in [0.25, 0.3) is 0 Å². The summed E-state index contributed by atoms with van der Waals surface area (Å²) in [6, 6.07) is 4.25. The molecule has 1 atom stereocenters. The van der Waals surface area contributed by atoms with Crippen molar-refractivity contribution in [2.24, 2.45) is 5.73 Å². The topological polar surface area (TPSA) is 26.0 Å². The molecule has 0 radical (unpaired) electrons. The maximum absolute atomic E-state index is 13.8. The first kappa shape index (κ1) is 12.7. The molecule has 0 spiro atoms. The Hall–Kier alpha value is -0.780. The van der Waals surface area contributed by atoms with Crippen molar-refractivity contribution in [1.29, 1.82) is 0 Å². The SMILES string of the molecule is Cc1ccc(C(N)c2sccc2Br)c(F)c1F. The van der Waals surface area contributed by atoms with E-state index >= 15 is 0 Å². The number of thiophene rings is 1. The van der Waals surface area contributed by atoms with Crippen LogP contribution in [0.2, 0.25) is 0 Å². The molecule has 0 saturated heterocycles. The van der Waals surface area contributed by atoms with Gasteiger partial charge in [-0.25, -0.2) is 8.78 Å². The highest BCUT2D eigenvalue weighted by molar-refractivity contribution is 9.10. The summed E-state index contributed by atoms with van der Waals surface area (Å²) in [4.78, 5) is 0.784. The number of nitrogens with two attached hydrogens (primary N) is 1. The van der Waals surface area contributed by atoms with Crippen LogP contribution in [-0.4, -0.2) is 0 Å². The Morgan fingerprint density at radius 1 is 1.24 bits per heavy atom. The molecule has 1 aromatic heterocycles. The molecule has 0 fully saturated rings. The van der Waals surface area contributed by atoms with Crippen LogP contribution < -0.4 is 5.73 Å². The Kier molecular flexibility index (Phi) is 3.61. The van der Waals surface area contributed by atoms with E-state index in [0.29, 0.717) is 0 Å². The molecule has 1 aromatic carbocycles. The van der Waals surface area contributed by atoms with E-state index in [0.717, 1.165) is 9.35 Å². The summed E-state index contributed by atoms with van der Waals surface area (Å²) in [6.45, 7) is 1.52. The van der Waals surface area contributed by atoms with Gasteiger partial charge in [0.15, 0.2) is 11.6 Å². The van der Waals surface area contributed by atoms with Gasteiger partial charge in [-0.15, -0.1) is 11.3 Å². The first-order valence-electron chi connectivity index (χ1n) is 4.95. The third-order valence-corrected chi connectivity index (χ3v) is 4.52. The second-order valence-electron chi connectivity index (χ2n) is 3.71. The van der Waals surface area contributed by atoms with Gasteiger partial charge in [-0.3, -0.25) is 0 Å². The number of benzene rings is 1. The lowest BCUT2D eigenvalue weighted by Crippen LogP contribution is -2.14. The fourth-order valence-electron chi connectivity index (χ4n) is 1.57. The number of halogens is 3. The number of hydrogen-bond acceptors (Lipinski definition) is 2. The zero-order valence-corrected chi connectivity index (χ0v) is 11.4. The van der Waals surface area contributed by atoms with Crippen LogP contribution in [0.3, 0.4) is 0 Å². The molecule has 1 heterocycles. The van der Waals surface area contributed by atoms with Crippen LogP contribution in [0.1, 0.15) is 22.0 Å². The quantitative estimate of drug-likeness (QED) is 0.884. The van der Waals surface area contributed by atoms with Crippen molar-refractivity contribution < 1.29 is 8.78 Å². The van der Waals surface area contributed by atoms with Gasteiger partial charge < -0.3 is 5.73 Å². The van der Waals surface area contributed by atoms with Crippen molar-refractivity contribution in [2.75, 3.05) is 0 Å². The summed E-state index contributed by atoms with van der Waals surface area (Å²) in [7, 11) is 0. The van der Waals surface area contributed by atoms with Gasteiger partial charge in [0.2, 0.25) is 0 Å². The monoisotopic (exact) mass is 317 g/mol. The van der Waals surface area contributed by atoms with Crippen LogP contribution in [0.25, 0.3) is 0 Å². The molecule has 2 aromatic rings. The molecule has 17 heavy (non-hydrogen) atoms. The molecular formula is C12H10BrF2NS. The molecular weight excluding hydrogens is 308 g/mol. The van der Waals surface area contributed by atoms with E-state index in [2.05, 4.69) is 15.9 Å². The van der Waals surface area contributed by atoms with Gasteiger partial charge in [0.05, 0.1) is 6.04 Å². The summed E-state index contributed by atoms with van der Waals surface area (Å²) in [5.74, 6) is -1.69. The second kappa shape index (κ2) is 4.84. The van der Waals surface area contributed by atoms with Gasteiger partial charge in [0, 0.05) is 14.9 Å². The van der Waals surface area contributed by atoms with E-state index in [1.165, 1.54) is 30.4 Å². The van der Waals surface area contributed by atoms with Crippen LogP contribution in [0.15, 0.2) is 28.1 Å². The summed E-state index contributed by atoms with van der Waals surface area (Å²) in [5, 5.41) is 1.85. The van der Waals surface area contributed by atoms with E-state index in [1.54, 1.807) is 0 Å². The predicted molar refractivity (Wildman–Crippen MR) is 69.1 cm³/mol. The molecule has 1 nitrogen and oxygen atoms in total. The molecule has 5 heteroatoms. The minimum atomic E-state index is -0.863. The lowest BCUT2D eigenvalue weighted by atomic mass is 10.0. The standard InChI is InChI=1S/C12H10BrF2NS/c1-6-2-3-7(10(15)9(6)14)11(16)12-8(13)4-5-17-12/h2-5,11H,16H2,1H3. The largest absolute Gasteiger partial charge is 0.319 e. The lowest BCUT2D eigenvalue weighted by molar-refractivity contribution is 0.490. The Bertz CT molecular complexity index is 553. The highest BCUT2D eigenvalue weighted by Crippen LogP contribution is 2.33. The van der Waals surface area contributed by atoms with Gasteiger partial charge in [-0.1, -0.05) is 12.1 Å². The van der Waals surface area contributed by atoms with E-state index in [-0.39, 0.29) is 11.1 Å². The van der Waals surface area contributed by atoms with Crippen LogP contribution in [0.5, 0.6) is 0 Å². The van der Waals surface area contributed by atoms with Gasteiger partial charge in [-0.2, -0.15) is 0 Å². The summed E-state index contributed by atoms with van der Waals surface area (Å²) >= 11 is 4.75. The van der Waals surface area contributed by atoms with E-state index in [9.17, 15) is 8.78 Å². The highest BCUT2D eigenvalue weighted by Gasteiger charge is 2.20. The number of hydrogen-bond donors (Lipinski definition) is 1. The average molecular weight is 318 g/mol. The van der Waals surface area contributed by atoms with E-state index in [1.807, 2.05) is 11.4 Å². The molecule has 0 bridgehead atoms. The minimum Gasteiger partial charge on any atom is -0.319 e. The molecule has 90 valence electrons. The predicted octanol–water partition coefficient (Wildman–Crippen LogP) is 4.15. The smallest absolute Gasteiger partial charge is 0.164 e. The average Bonchev–Trinajstić information content (AvgIpc) is 2.72. The summed E-state index contributed by atoms with van der Waals surface area (Å²) in [5.41, 5.74) is 6.41. The normalized spacial score (nSPS) is 12.8. The van der Waals surface area contributed by atoms with Crippen molar-refractivity contribution in [1.82, 2.24) is 0 Å². The lowest BCUT2D eigenvalue weighted by Gasteiger charge is -2.13. The third-order valence-electron chi connectivity index (χ3n) is 2.57. The molecule has 0 aliphatic heterocycles. The molecule has 0 aliphatic carbocycles. The van der Waals surface area contributed by atoms with Gasteiger partial charge in [0.1, 0.15) is 0 Å². The van der Waals surface area contributed by atoms with Crippen molar-refractivity contribution in [3.05, 3.63) is 55.7 Å².